The monoisotopic (exact) mass is 478 g/mol. The molecule has 0 saturated carbocycles. The predicted molar refractivity (Wildman–Crippen MR) is 132 cm³/mol. The molecule has 7 heteroatoms. The maximum atomic E-state index is 11.3. The van der Waals surface area contributed by atoms with Gasteiger partial charge in [0.2, 0.25) is 5.89 Å². The van der Waals surface area contributed by atoms with Crippen LogP contribution in [0.1, 0.15) is 42.8 Å². The number of aryl methyl sites for hydroxylation is 1. The van der Waals surface area contributed by atoms with E-state index in [0.29, 0.717) is 29.6 Å². The van der Waals surface area contributed by atoms with Crippen molar-refractivity contribution in [1.82, 2.24) is 10.3 Å². The number of aliphatic carboxylic acids is 1. The van der Waals surface area contributed by atoms with E-state index in [9.17, 15) is 9.90 Å². The van der Waals surface area contributed by atoms with E-state index < -0.39 is 12.1 Å². The summed E-state index contributed by atoms with van der Waals surface area (Å²) in [5.41, 5.74) is 3.74. The van der Waals surface area contributed by atoms with Crippen molar-refractivity contribution in [2.24, 2.45) is 0 Å². The predicted octanol–water partition coefficient (Wildman–Crippen LogP) is 6.19. The molecule has 1 aromatic heterocycles. The molecule has 0 amide bonds. The van der Waals surface area contributed by atoms with Crippen molar-refractivity contribution >= 4 is 28.7 Å². The van der Waals surface area contributed by atoms with Crippen molar-refractivity contribution < 1.29 is 19.1 Å². The average Bonchev–Trinajstić information content (AvgIpc) is 3.28. The third-order valence-electron chi connectivity index (χ3n) is 5.62. The number of carboxylic acid groups (broad SMARTS) is 1. The highest BCUT2D eigenvalue weighted by atomic mass is 35.5. The van der Waals surface area contributed by atoms with Crippen molar-refractivity contribution in [1.29, 1.82) is 0 Å². The number of oxazole rings is 1. The lowest BCUT2D eigenvalue weighted by atomic mass is 10.0. The zero-order chi connectivity index (χ0) is 23.9. The van der Waals surface area contributed by atoms with Gasteiger partial charge in [0.05, 0.1) is 6.04 Å². The molecule has 4 aromatic rings. The largest absolute Gasteiger partial charge is 0.479 e. The standard InChI is InChI=1S/C27H27ClN2O4/c1-2-24(27(31)32)33-21-7-5-6-19(16-21)17-29-23(15-12-18-10-13-20(28)14-11-18)26-30-22-8-3-4-9-25(22)34-26/h3-11,13-14,16,23-24,29H,2,12,15,17H2,1H3,(H,31,32). The van der Waals surface area contributed by atoms with Crippen LogP contribution in [-0.2, 0) is 17.8 Å². The van der Waals surface area contributed by atoms with E-state index in [-0.39, 0.29) is 6.04 Å². The number of benzene rings is 3. The SMILES string of the molecule is CCC(Oc1cccc(CNC(CCc2ccc(Cl)cc2)c2nc3ccccc3o2)c1)C(=O)O. The second kappa shape index (κ2) is 11.2. The van der Waals surface area contributed by atoms with E-state index in [4.69, 9.17) is 25.7 Å². The van der Waals surface area contributed by atoms with Crippen LogP contribution < -0.4 is 10.1 Å². The third-order valence-corrected chi connectivity index (χ3v) is 5.87. The van der Waals surface area contributed by atoms with Crippen molar-refractivity contribution in [3.63, 3.8) is 0 Å². The van der Waals surface area contributed by atoms with Crippen LogP contribution in [0.25, 0.3) is 11.1 Å². The Morgan fingerprint density at radius 1 is 1.09 bits per heavy atom. The molecule has 0 bridgehead atoms. The first-order valence-corrected chi connectivity index (χ1v) is 11.7. The summed E-state index contributed by atoms with van der Waals surface area (Å²) < 4.78 is 11.7. The first-order chi connectivity index (χ1) is 16.5. The lowest BCUT2D eigenvalue weighted by Gasteiger charge is -2.17. The molecular formula is C27H27ClN2O4. The van der Waals surface area contributed by atoms with Crippen molar-refractivity contribution in [2.75, 3.05) is 0 Å². The minimum Gasteiger partial charge on any atom is -0.479 e. The Morgan fingerprint density at radius 2 is 1.88 bits per heavy atom. The Hall–Kier alpha value is -3.35. The molecular weight excluding hydrogens is 452 g/mol. The smallest absolute Gasteiger partial charge is 0.344 e. The van der Waals surface area contributed by atoms with Crippen LogP contribution in [0, 0.1) is 0 Å². The fourth-order valence-electron chi connectivity index (χ4n) is 3.76. The topological polar surface area (TPSA) is 84.6 Å². The van der Waals surface area contributed by atoms with E-state index in [1.165, 1.54) is 5.56 Å². The summed E-state index contributed by atoms with van der Waals surface area (Å²) in [6.07, 6.45) is 1.13. The number of hydrogen-bond donors (Lipinski definition) is 2. The molecule has 0 aliphatic rings. The number of para-hydroxylation sites is 2. The van der Waals surface area contributed by atoms with Gasteiger partial charge in [-0.15, -0.1) is 0 Å². The maximum Gasteiger partial charge on any atom is 0.344 e. The molecule has 34 heavy (non-hydrogen) atoms. The summed E-state index contributed by atoms with van der Waals surface area (Å²) in [6.45, 7) is 2.33. The molecule has 2 atom stereocenters. The molecule has 0 radical (unpaired) electrons. The first kappa shape index (κ1) is 23.8. The molecule has 0 spiro atoms. The van der Waals surface area contributed by atoms with Gasteiger partial charge in [-0.2, -0.15) is 0 Å². The number of hydrogen-bond acceptors (Lipinski definition) is 5. The second-order valence-corrected chi connectivity index (χ2v) is 8.56. The Bertz CT molecular complexity index is 1210. The Balaban J connectivity index is 1.49. The molecule has 6 nitrogen and oxygen atoms in total. The summed E-state index contributed by atoms with van der Waals surface area (Å²) >= 11 is 6.02. The van der Waals surface area contributed by atoms with E-state index in [1.54, 1.807) is 13.0 Å². The van der Waals surface area contributed by atoms with Crippen LogP contribution in [0.2, 0.25) is 5.02 Å². The van der Waals surface area contributed by atoms with Gasteiger partial charge in [-0.25, -0.2) is 9.78 Å². The summed E-state index contributed by atoms with van der Waals surface area (Å²) in [4.78, 5) is 16.0. The lowest BCUT2D eigenvalue weighted by molar-refractivity contribution is -0.145. The van der Waals surface area contributed by atoms with Crippen LogP contribution in [-0.4, -0.2) is 22.2 Å². The molecule has 0 aliphatic heterocycles. The minimum atomic E-state index is -0.968. The summed E-state index contributed by atoms with van der Waals surface area (Å²) in [5, 5.41) is 13.5. The van der Waals surface area contributed by atoms with Gasteiger partial charge in [0.25, 0.3) is 0 Å². The maximum absolute atomic E-state index is 11.3. The van der Waals surface area contributed by atoms with Crippen LogP contribution >= 0.6 is 11.6 Å². The first-order valence-electron chi connectivity index (χ1n) is 11.3. The fourth-order valence-corrected chi connectivity index (χ4v) is 3.88. The van der Waals surface area contributed by atoms with Crippen LogP contribution in [0.15, 0.2) is 77.2 Å². The van der Waals surface area contributed by atoms with Gasteiger partial charge in [0.15, 0.2) is 11.7 Å². The van der Waals surface area contributed by atoms with Crippen molar-refractivity contribution in [2.45, 2.75) is 44.9 Å². The van der Waals surface area contributed by atoms with Crippen molar-refractivity contribution in [3.8, 4) is 5.75 Å². The zero-order valence-corrected chi connectivity index (χ0v) is 19.7. The molecule has 176 valence electrons. The van der Waals surface area contributed by atoms with Gasteiger partial charge < -0.3 is 19.6 Å². The molecule has 0 aliphatic carbocycles. The highest BCUT2D eigenvalue weighted by Gasteiger charge is 2.19. The molecule has 1 heterocycles. The number of fused-ring (bicyclic) bond motifs is 1. The molecule has 0 saturated heterocycles. The Labute approximate surface area is 203 Å². The lowest BCUT2D eigenvalue weighted by Crippen LogP contribution is -2.26. The quantitative estimate of drug-likeness (QED) is 0.267. The number of halogens is 1. The Morgan fingerprint density at radius 3 is 2.62 bits per heavy atom. The molecule has 3 aromatic carbocycles. The summed E-state index contributed by atoms with van der Waals surface area (Å²) in [7, 11) is 0. The van der Waals surface area contributed by atoms with E-state index in [1.807, 2.05) is 66.7 Å². The van der Waals surface area contributed by atoms with Gasteiger partial charge in [0.1, 0.15) is 11.3 Å². The van der Waals surface area contributed by atoms with Crippen LogP contribution in [0.5, 0.6) is 5.75 Å². The number of rotatable bonds is 11. The fraction of sp³-hybridized carbons (Fsp3) is 0.259. The highest BCUT2D eigenvalue weighted by Crippen LogP contribution is 2.25. The van der Waals surface area contributed by atoms with Crippen LogP contribution in [0.4, 0.5) is 0 Å². The van der Waals surface area contributed by atoms with Crippen molar-refractivity contribution in [3.05, 3.63) is 94.8 Å². The normalized spacial score (nSPS) is 13.0. The molecule has 2 N–H and O–H groups in total. The van der Waals surface area contributed by atoms with Gasteiger partial charge in [0, 0.05) is 11.6 Å². The Kier molecular flexibility index (Phi) is 7.83. The number of carbonyl (C=O) groups is 1. The van der Waals surface area contributed by atoms with Gasteiger partial charge in [-0.3, -0.25) is 0 Å². The van der Waals surface area contributed by atoms with E-state index in [0.717, 1.165) is 29.5 Å². The van der Waals surface area contributed by atoms with E-state index in [2.05, 4.69) is 5.32 Å². The third kappa shape index (κ3) is 6.16. The number of ether oxygens (including phenoxy) is 1. The average molecular weight is 479 g/mol. The number of nitrogens with one attached hydrogen (secondary N) is 1. The zero-order valence-electron chi connectivity index (χ0n) is 18.9. The number of aromatic nitrogens is 1. The van der Waals surface area contributed by atoms with Gasteiger partial charge >= 0.3 is 5.97 Å². The second-order valence-electron chi connectivity index (χ2n) is 8.12. The molecule has 4 rings (SSSR count). The summed E-state index contributed by atoms with van der Waals surface area (Å²) in [6, 6.07) is 22.9. The van der Waals surface area contributed by atoms with E-state index >= 15 is 0 Å². The van der Waals surface area contributed by atoms with Gasteiger partial charge in [-0.05, 0) is 66.8 Å². The summed E-state index contributed by atoms with van der Waals surface area (Å²) in [5.74, 6) is 0.205. The number of nitrogens with zero attached hydrogens (tertiary/aromatic N) is 1. The highest BCUT2D eigenvalue weighted by molar-refractivity contribution is 6.30. The van der Waals surface area contributed by atoms with Crippen LogP contribution in [0.3, 0.4) is 0 Å². The molecule has 0 fully saturated rings. The molecule has 2 unspecified atom stereocenters. The number of carboxylic acids is 1. The minimum absolute atomic E-state index is 0.116. The van der Waals surface area contributed by atoms with Gasteiger partial charge in [-0.1, -0.05) is 54.9 Å².